The highest BCUT2D eigenvalue weighted by Gasteiger charge is 2.02. The van der Waals surface area contributed by atoms with Gasteiger partial charge < -0.3 is 0 Å². The van der Waals surface area contributed by atoms with E-state index in [9.17, 15) is 0 Å². The number of hydrogen-bond donors (Lipinski definition) is 0. The Kier molecular flexibility index (Phi) is 4.09. The first-order valence-electron chi connectivity index (χ1n) is 5.30. The monoisotopic (exact) mass is 338 g/mol. The van der Waals surface area contributed by atoms with Crippen LogP contribution in [0.4, 0.5) is 0 Å². The molecule has 1 heterocycles. The number of nitrogens with zero attached hydrogens (tertiary/aromatic N) is 4. The van der Waals surface area contributed by atoms with E-state index in [1.807, 2.05) is 22.9 Å². The van der Waals surface area contributed by atoms with Crippen LogP contribution in [-0.4, -0.2) is 14.8 Å². The fraction of sp³-hybridized carbons (Fsp3) is 0.250. The highest BCUT2D eigenvalue weighted by Crippen LogP contribution is 2.16. The maximum absolute atomic E-state index is 8.85. The van der Waals surface area contributed by atoms with Crippen molar-refractivity contribution in [3.05, 3.63) is 45.6 Å². The molecule has 0 saturated carbocycles. The third kappa shape index (κ3) is 3.27. The largest absolute Gasteiger partial charge is 0.253 e. The number of aromatic nitrogens is 3. The molecule has 0 aliphatic heterocycles. The molecule has 4 nitrogen and oxygen atoms in total. The predicted molar refractivity (Wildman–Crippen MR) is 72.2 cm³/mol. The van der Waals surface area contributed by atoms with E-state index in [0.29, 0.717) is 0 Å². The number of benzene rings is 1. The first-order chi connectivity index (χ1) is 8.29. The topological polar surface area (TPSA) is 54.5 Å². The molecule has 2 rings (SSSR count). The summed E-state index contributed by atoms with van der Waals surface area (Å²) in [4.78, 5) is 3.90. The number of rotatable bonds is 4. The Morgan fingerprint density at radius 2 is 2.29 bits per heavy atom. The lowest BCUT2D eigenvalue weighted by Gasteiger charge is -2.05. The minimum Gasteiger partial charge on any atom is -0.253 e. The zero-order chi connectivity index (χ0) is 12.1. The second-order valence-corrected chi connectivity index (χ2v) is 4.84. The quantitative estimate of drug-likeness (QED) is 0.805. The first-order valence-corrected chi connectivity index (χ1v) is 6.38. The normalized spacial score (nSPS) is 10.1. The first kappa shape index (κ1) is 12.0. The van der Waals surface area contributed by atoms with Crippen LogP contribution in [0, 0.1) is 14.9 Å². The molecule has 1 aromatic heterocycles. The molecule has 0 spiro atoms. The molecule has 0 bridgehead atoms. The van der Waals surface area contributed by atoms with Crippen molar-refractivity contribution in [3.63, 3.8) is 0 Å². The lowest BCUT2D eigenvalue weighted by Crippen LogP contribution is -2.01. The summed E-state index contributed by atoms with van der Waals surface area (Å²) in [5.74, 6) is 0. The van der Waals surface area contributed by atoms with Crippen LogP contribution < -0.4 is 0 Å². The average molecular weight is 338 g/mol. The summed E-state index contributed by atoms with van der Waals surface area (Å²) in [6.07, 6.45) is 5.21. The number of nitriles is 1. The van der Waals surface area contributed by atoms with Crippen molar-refractivity contribution in [1.82, 2.24) is 14.8 Å². The summed E-state index contributed by atoms with van der Waals surface area (Å²) in [6.45, 7) is 0.854. The lowest BCUT2D eigenvalue weighted by atomic mass is 10.1. The van der Waals surface area contributed by atoms with Gasteiger partial charge in [-0.15, -0.1) is 0 Å². The fourth-order valence-electron chi connectivity index (χ4n) is 1.62. The van der Waals surface area contributed by atoms with E-state index in [-0.39, 0.29) is 0 Å². The van der Waals surface area contributed by atoms with Crippen molar-refractivity contribution >= 4 is 22.6 Å². The standard InChI is InChI=1S/C12H11IN4/c13-12-4-3-10(7-14)6-11(12)2-1-5-17-9-15-8-16-17/h3-4,6,8-9H,1-2,5H2. The minimum absolute atomic E-state index is 0.723. The predicted octanol–water partition coefficient (Wildman–Crippen LogP) is 2.39. The summed E-state index contributed by atoms with van der Waals surface area (Å²) < 4.78 is 3.03. The average Bonchev–Trinajstić information content (AvgIpc) is 2.84. The summed E-state index contributed by atoms with van der Waals surface area (Å²) in [6, 6.07) is 7.97. The van der Waals surface area contributed by atoms with Gasteiger partial charge in [-0.2, -0.15) is 10.4 Å². The van der Waals surface area contributed by atoms with E-state index < -0.39 is 0 Å². The van der Waals surface area contributed by atoms with Crippen molar-refractivity contribution in [2.75, 3.05) is 0 Å². The van der Waals surface area contributed by atoms with Crippen LogP contribution in [0.1, 0.15) is 17.5 Å². The van der Waals surface area contributed by atoms with Crippen LogP contribution in [-0.2, 0) is 13.0 Å². The maximum Gasteiger partial charge on any atom is 0.137 e. The highest BCUT2D eigenvalue weighted by molar-refractivity contribution is 14.1. The van der Waals surface area contributed by atoms with Crippen LogP contribution in [0.3, 0.4) is 0 Å². The Labute approximate surface area is 113 Å². The van der Waals surface area contributed by atoms with Crippen molar-refractivity contribution in [2.45, 2.75) is 19.4 Å². The maximum atomic E-state index is 8.85. The van der Waals surface area contributed by atoms with Crippen LogP contribution >= 0.6 is 22.6 Å². The Hall–Kier alpha value is -1.42. The van der Waals surface area contributed by atoms with Gasteiger partial charge in [0, 0.05) is 10.1 Å². The molecule has 0 aliphatic carbocycles. The van der Waals surface area contributed by atoms with Crippen molar-refractivity contribution in [1.29, 1.82) is 5.26 Å². The van der Waals surface area contributed by atoms with Crippen LogP contribution in [0.2, 0.25) is 0 Å². The molecule has 0 aliphatic rings. The van der Waals surface area contributed by atoms with E-state index in [1.165, 1.54) is 9.13 Å². The van der Waals surface area contributed by atoms with Gasteiger partial charge in [0.25, 0.3) is 0 Å². The van der Waals surface area contributed by atoms with E-state index in [1.54, 1.807) is 12.7 Å². The Bertz CT molecular complexity index is 528. The summed E-state index contributed by atoms with van der Waals surface area (Å²) >= 11 is 2.30. The van der Waals surface area contributed by atoms with E-state index >= 15 is 0 Å². The molecule has 0 atom stereocenters. The number of hydrogen-bond acceptors (Lipinski definition) is 3. The van der Waals surface area contributed by atoms with Crippen LogP contribution in [0.15, 0.2) is 30.9 Å². The second kappa shape index (κ2) is 5.77. The molecule has 0 fully saturated rings. The Morgan fingerprint density at radius 1 is 1.41 bits per heavy atom. The smallest absolute Gasteiger partial charge is 0.137 e. The highest BCUT2D eigenvalue weighted by atomic mass is 127. The Morgan fingerprint density at radius 3 is 3.00 bits per heavy atom. The van der Waals surface area contributed by atoms with Gasteiger partial charge in [0.2, 0.25) is 0 Å². The third-order valence-corrected chi connectivity index (χ3v) is 3.53. The fourth-order valence-corrected chi connectivity index (χ4v) is 2.22. The Balaban J connectivity index is 1.97. The molecule has 0 unspecified atom stereocenters. The zero-order valence-corrected chi connectivity index (χ0v) is 11.3. The molecular weight excluding hydrogens is 327 g/mol. The SMILES string of the molecule is N#Cc1ccc(I)c(CCCn2cncn2)c1. The van der Waals surface area contributed by atoms with E-state index in [2.05, 4.69) is 38.7 Å². The minimum atomic E-state index is 0.723. The second-order valence-electron chi connectivity index (χ2n) is 3.68. The van der Waals surface area contributed by atoms with Crippen LogP contribution in [0.5, 0.6) is 0 Å². The molecule has 0 saturated heterocycles. The molecule has 0 amide bonds. The van der Waals surface area contributed by atoms with Crippen molar-refractivity contribution < 1.29 is 0 Å². The van der Waals surface area contributed by atoms with Gasteiger partial charge in [-0.3, -0.25) is 4.68 Å². The molecule has 5 heteroatoms. The summed E-state index contributed by atoms with van der Waals surface area (Å²) in [7, 11) is 0. The van der Waals surface area contributed by atoms with Gasteiger partial charge in [-0.05, 0) is 59.2 Å². The number of halogens is 1. The van der Waals surface area contributed by atoms with Gasteiger partial charge in [0.15, 0.2) is 0 Å². The van der Waals surface area contributed by atoms with Crippen LogP contribution in [0.25, 0.3) is 0 Å². The molecule has 1 aromatic carbocycles. The van der Waals surface area contributed by atoms with Crippen molar-refractivity contribution in [3.8, 4) is 6.07 Å². The number of aryl methyl sites for hydroxylation is 2. The van der Waals surface area contributed by atoms with Gasteiger partial charge in [-0.25, -0.2) is 4.98 Å². The molecule has 17 heavy (non-hydrogen) atoms. The molecular formula is C12H11IN4. The summed E-state index contributed by atoms with van der Waals surface area (Å²) in [5.41, 5.74) is 1.95. The molecule has 0 radical (unpaired) electrons. The van der Waals surface area contributed by atoms with Gasteiger partial charge in [0.1, 0.15) is 12.7 Å². The van der Waals surface area contributed by atoms with E-state index in [0.717, 1.165) is 24.9 Å². The molecule has 86 valence electrons. The van der Waals surface area contributed by atoms with Gasteiger partial charge >= 0.3 is 0 Å². The summed E-state index contributed by atoms with van der Waals surface area (Å²) in [5, 5.41) is 12.9. The molecule has 2 aromatic rings. The molecule has 0 N–H and O–H groups in total. The van der Waals surface area contributed by atoms with Gasteiger partial charge in [0.05, 0.1) is 11.6 Å². The zero-order valence-electron chi connectivity index (χ0n) is 9.17. The lowest BCUT2D eigenvalue weighted by molar-refractivity contribution is 0.577. The van der Waals surface area contributed by atoms with Gasteiger partial charge in [-0.1, -0.05) is 0 Å². The van der Waals surface area contributed by atoms with E-state index in [4.69, 9.17) is 5.26 Å². The van der Waals surface area contributed by atoms with Crippen molar-refractivity contribution in [2.24, 2.45) is 0 Å². The third-order valence-electron chi connectivity index (χ3n) is 2.47.